The second kappa shape index (κ2) is 7.15. The van der Waals surface area contributed by atoms with Crippen LogP contribution in [0.1, 0.15) is 46.4 Å². The number of imide groups is 1. The summed E-state index contributed by atoms with van der Waals surface area (Å²) in [4.78, 5) is 26.0. The van der Waals surface area contributed by atoms with Gasteiger partial charge >= 0.3 is 6.18 Å². The van der Waals surface area contributed by atoms with Crippen molar-refractivity contribution in [3.8, 4) is 0 Å². The van der Waals surface area contributed by atoms with Crippen molar-refractivity contribution in [2.75, 3.05) is 19.8 Å². The van der Waals surface area contributed by atoms with Crippen molar-refractivity contribution in [3.05, 3.63) is 35.4 Å². The number of alkyl halides is 3. The minimum Gasteiger partial charge on any atom is -0.372 e. The van der Waals surface area contributed by atoms with Crippen LogP contribution < -0.4 is 0 Å². The van der Waals surface area contributed by atoms with Gasteiger partial charge in [-0.25, -0.2) is 0 Å². The second-order valence-electron chi connectivity index (χ2n) is 6.78. The summed E-state index contributed by atoms with van der Waals surface area (Å²) in [6, 6.07) is 6.79. The summed E-state index contributed by atoms with van der Waals surface area (Å²) in [5.41, 5.74) is 0.892. The zero-order chi connectivity index (χ0) is 18.0. The van der Waals surface area contributed by atoms with E-state index in [1.807, 2.05) is 0 Å². The number of carbonyl (C=O) groups is 2. The van der Waals surface area contributed by atoms with E-state index in [2.05, 4.69) is 0 Å². The number of nitrogens with zero attached hydrogens (tertiary/aromatic N) is 1. The van der Waals surface area contributed by atoms with Gasteiger partial charge in [0.2, 0.25) is 0 Å². The molecule has 1 fully saturated rings. The van der Waals surface area contributed by atoms with Gasteiger partial charge in [0.05, 0.1) is 11.1 Å². The Hall–Kier alpha value is -1.89. The fraction of sp³-hybridized carbons (Fsp3) is 0.556. The topological polar surface area (TPSA) is 46.6 Å². The van der Waals surface area contributed by atoms with Crippen molar-refractivity contribution in [3.63, 3.8) is 0 Å². The average molecular weight is 355 g/mol. The highest BCUT2D eigenvalue weighted by molar-refractivity contribution is 6.21. The highest BCUT2D eigenvalue weighted by atomic mass is 19.4. The molecule has 0 radical (unpaired) electrons. The maximum absolute atomic E-state index is 12.4. The zero-order valence-corrected chi connectivity index (χ0v) is 13.7. The van der Waals surface area contributed by atoms with Gasteiger partial charge in [-0.05, 0) is 49.7 Å². The molecule has 0 aromatic heterocycles. The van der Waals surface area contributed by atoms with Gasteiger partial charge < -0.3 is 4.74 Å². The molecular formula is C18H20F3NO3. The molecule has 1 aromatic carbocycles. The number of ether oxygens (including phenoxy) is 1. The van der Waals surface area contributed by atoms with E-state index in [4.69, 9.17) is 4.74 Å². The number of halogens is 3. The first-order chi connectivity index (χ1) is 11.8. The van der Waals surface area contributed by atoms with Gasteiger partial charge in [-0.2, -0.15) is 13.2 Å². The fourth-order valence-electron chi connectivity index (χ4n) is 3.59. The normalized spacial score (nSPS) is 23.9. The van der Waals surface area contributed by atoms with Crippen LogP contribution in [-0.4, -0.2) is 42.6 Å². The van der Waals surface area contributed by atoms with Crippen LogP contribution in [0.2, 0.25) is 0 Å². The molecule has 0 saturated heterocycles. The highest BCUT2D eigenvalue weighted by Crippen LogP contribution is 2.32. The third-order valence-electron chi connectivity index (χ3n) is 4.90. The molecule has 3 rings (SSSR count). The quantitative estimate of drug-likeness (QED) is 0.757. The Morgan fingerprint density at radius 1 is 0.960 bits per heavy atom. The number of hydrogen-bond acceptors (Lipinski definition) is 3. The lowest BCUT2D eigenvalue weighted by Gasteiger charge is -2.30. The molecule has 1 aromatic rings. The Labute approximate surface area is 143 Å². The molecule has 1 heterocycles. The molecule has 1 saturated carbocycles. The predicted octanol–water partition coefficient (Wildman–Crippen LogP) is 3.67. The molecule has 25 heavy (non-hydrogen) atoms. The van der Waals surface area contributed by atoms with Crippen molar-refractivity contribution in [1.82, 2.24) is 4.90 Å². The van der Waals surface area contributed by atoms with Crippen LogP contribution in [-0.2, 0) is 4.74 Å². The summed E-state index contributed by atoms with van der Waals surface area (Å²) in [5.74, 6) is -0.200. The molecule has 0 bridgehead atoms. The molecule has 7 heteroatoms. The first kappa shape index (κ1) is 17.9. The summed E-state index contributed by atoms with van der Waals surface area (Å²) >= 11 is 0. The van der Waals surface area contributed by atoms with Gasteiger partial charge in [-0.1, -0.05) is 12.1 Å². The lowest BCUT2D eigenvalue weighted by Crippen LogP contribution is -2.36. The van der Waals surface area contributed by atoms with Crippen molar-refractivity contribution >= 4 is 11.8 Å². The van der Waals surface area contributed by atoms with E-state index in [-0.39, 0.29) is 30.3 Å². The standard InChI is InChI=1S/C18H20F3NO3/c19-18(20,21)11-25-10-13-7-5-12(6-8-13)9-22-16(23)14-3-1-2-4-15(14)17(22)24/h1-4,12-13H,5-11H2. The third-order valence-corrected chi connectivity index (χ3v) is 4.90. The summed E-state index contributed by atoms with van der Waals surface area (Å²) in [5, 5.41) is 0. The van der Waals surface area contributed by atoms with Crippen LogP contribution in [0.25, 0.3) is 0 Å². The summed E-state index contributed by atoms with van der Waals surface area (Å²) in [7, 11) is 0. The first-order valence-electron chi connectivity index (χ1n) is 8.45. The maximum Gasteiger partial charge on any atom is 0.411 e. The van der Waals surface area contributed by atoms with Gasteiger partial charge in [0, 0.05) is 13.2 Å². The smallest absolute Gasteiger partial charge is 0.372 e. The SMILES string of the molecule is O=C1c2ccccc2C(=O)N1CC1CCC(COCC(F)(F)F)CC1. The molecule has 1 aliphatic heterocycles. The van der Waals surface area contributed by atoms with Gasteiger partial charge in [0.1, 0.15) is 6.61 Å². The minimum atomic E-state index is -4.29. The molecule has 0 spiro atoms. The lowest BCUT2D eigenvalue weighted by molar-refractivity contribution is -0.177. The van der Waals surface area contributed by atoms with Crippen LogP contribution in [0.3, 0.4) is 0 Å². The lowest BCUT2D eigenvalue weighted by atomic mass is 9.82. The van der Waals surface area contributed by atoms with E-state index in [0.29, 0.717) is 17.7 Å². The molecule has 2 aliphatic rings. The number of fused-ring (bicyclic) bond motifs is 1. The Morgan fingerprint density at radius 2 is 1.48 bits per heavy atom. The molecule has 136 valence electrons. The van der Waals surface area contributed by atoms with E-state index in [0.717, 1.165) is 25.7 Å². The Bertz CT molecular complexity index is 616. The number of hydrogen-bond donors (Lipinski definition) is 0. The zero-order valence-electron chi connectivity index (χ0n) is 13.7. The van der Waals surface area contributed by atoms with Crippen LogP contribution in [0, 0.1) is 11.8 Å². The second-order valence-corrected chi connectivity index (χ2v) is 6.78. The number of benzene rings is 1. The monoisotopic (exact) mass is 355 g/mol. The summed E-state index contributed by atoms with van der Waals surface area (Å²) in [6.45, 7) is -0.719. The fourth-order valence-corrected chi connectivity index (χ4v) is 3.59. The van der Waals surface area contributed by atoms with Gasteiger partial charge in [0.25, 0.3) is 11.8 Å². The number of amides is 2. The van der Waals surface area contributed by atoms with E-state index < -0.39 is 12.8 Å². The Kier molecular flexibility index (Phi) is 5.13. The van der Waals surface area contributed by atoms with Crippen LogP contribution in [0.4, 0.5) is 13.2 Å². The maximum atomic E-state index is 12.4. The summed E-state index contributed by atoms with van der Waals surface area (Å²) < 4.78 is 41.0. The average Bonchev–Trinajstić information content (AvgIpc) is 2.81. The molecule has 0 atom stereocenters. The van der Waals surface area contributed by atoms with Crippen LogP contribution in [0.15, 0.2) is 24.3 Å². The predicted molar refractivity (Wildman–Crippen MR) is 84.1 cm³/mol. The Balaban J connectivity index is 1.47. The van der Waals surface area contributed by atoms with E-state index in [9.17, 15) is 22.8 Å². The molecule has 0 unspecified atom stereocenters. The molecule has 4 nitrogen and oxygen atoms in total. The third kappa shape index (κ3) is 4.21. The van der Waals surface area contributed by atoms with E-state index >= 15 is 0 Å². The van der Waals surface area contributed by atoms with Crippen molar-refractivity contribution in [2.45, 2.75) is 31.9 Å². The van der Waals surface area contributed by atoms with Crippen LogP contribution in [0.5, 0.6) is 0 Å². The van der Waals surface area contributed by atoms with Crippen molar-refractivity contribution in [2.24, 2.45) is 11.8 Å². The minimum absolute atomic E-state index is 0.110. The summed E-state index contributed by atoms with van der Waals surface area (Å²) in [6.07, 6.45) is -1.21. The van der Waals surface area contributed by atoms with Crippen molar-refractivity contribution < 1.29 is 27.5 Å². The first-order valence-corrected chi connectivity index (χ1v) is 8.45. The van der Waals surface area contributed by atoms with E-state index in [1.54, 1.807) is 24.3 Å². The number of carbonyl (C=O) groups excluding carboxylic acids is 2. The van der Waals surface area contributed by atoms with Crippen molar-refractivity contribution in [1.29, 1.82) is 0 Å². The molecule has 0 N–H and O–H groups in total. The molecule has 1 aliphatic carbocycles. The van der Waals surface area contributed by atoms with Gasteiger partial charge in [-0.3, -0.25) is 14.5 Å². The van der Waals surface area contributed by atoms with Gasteiger partial charge in [0.15, 0.2) is 0 Å². The highest BCUT2D eigenvalue weighted by Gasteiger charge is 2.37. The molecular weight excluding hydrogens is 335 g/mol. The largest absolute Gasteiger partial charge is 0.411 e. The number of rotatable bonds is 5. The Morgan fingerprint density at radius 3 is 2.00 bits per heavy atom. The van der Waals surface area contributed by atoms with Gasteiger partial charge in [-0.15, -0.1) is 0 Å². The molecule has 2 amide bonds. The van der Waals surface area contributed by atoms with Crippen LogP contribution >= 0.6 is 0 Å². The van der Waals surface area contributed by atoms with E-state index in [1.165, 1.54) is 4.90 Å².